The zero-order valence-corrected chi connectivity index (χ0v) is 12.5. The van der Waals surface area contributed by atoms with Gasteiger partial charge in [0.2, 0.25) is 11.7 Å². The normalized spacial score (nSPS) is 19.2. The lowest BCUT2D eigenvalue weighted by atomic mass is 9.86. The number of hydrogen-bond acceptors (Lipinski definition) is 5. The number of halogens is 1. The summed E-state index contributed by atoms with van der Waals surface area (Å²) in [5.41, 5.74) is 0.650. The number of carbonyl (C=O) groups is 1. The second kappa shape index (κ2) is 5.83. The van der Waals surface area contributed by atoms with Crippen molar-refractivity contribution in [2.24, 2.45) is 5.92 Å². The fraction of sp³-hybridized carbons (Fsp3) is 0.429. The van der Waals surface area contributed by atoms with E-state index in [2.05, 4.69) is 31.1 Å². The van der Waals surface area contributed by atoms with Crippen LogP contribution in [0.1, 0.15) is 31.6 Å². The van der Waals surface area contributed by atoms with Gasteiger partial charge in [-0.25, -0.2) is 0 Å². The van der Waals surface area contributed by atoms with Crippen LogP contribution >= 0.6 is 15.9 Å². The summed E-state index contributed by atoms with van der Waals surface area (Å²) in [6, 6.07) is 3.71. The third-order valence-corrected chi connectivity index (χ3v) is 4.18. The molecule has 5 nitrogen and oxygen atoms in total. The van der Waals surface area contributed by atoms with Crippen molar-refractivity contribution in [3.05, 3.63) is 28.7 Å². The van der Waals surface area contributed by atoms with Crippen LogP contribution in [-0.4, -0.2) is 20.9 Å². The van der Waals surface area contributed by atoms with Gasteiger partial charge >= 0.3 is 0 Å². The molecule has 1 aliphatic carbocycles. The van der Waals surface area contributed by atoms with Gasteiger partial charge in [-0.05, 0) is 40.9 Å². The van der Waals surface area contributed by atoms with E-state index in [0.717, 1.165) is 23.7 Å². The molecule has 0 aromatic carbocycles. The van der Waals surface area contributed by atoms with E-state index < -0.39 is 0 Å². The number of aromatic nitrogens is 3. The molecule has 0 N–H and O–H groups in total. The predicted octanol–water partition coefficient (Wildman–Crippen LogP) is 3.20. The Kier molecular flexibility index (Phi) is 3.91. The van der Waals surface area contributed by atoms with Gasteiger partial charge in [-0.1, -0.05) is 11.6 Å². The lowest BCUT2D eigenvalue weighted by Gasteiger charge is -2.18. The van der Waals surface area contributed by atoms with Crippen LogP contribution in [0, 0.1) is 5.92 Å². The second-order valence-electron chi connectivity index (χ2n) is 4.96. The van der Waals surface area contributed by atoms with Gasteiger partial charge in [0.25, 0.3) is 0 Å². The Balaban J connectivity index is 1.77. The largest absolute Gasteiger partial charge is 0.339 e. The van der Waals surface area contributed by atoms with Gasteiger partial charge < -0.3 is 4.52 Å². The average Bonchev–Trinajstić information content (AvgIpc) is 2.90. The molecule has 0 aliphatic heterocycles. The van der Waals surface area contributed by atoms with E-state index in [-0.39, 0.29) is 5.92 Å². The van der Waals surface area contributed by atoms with Gasteiger partial charge in [0.15, 0.2) is 0 Å². The smallest absolute Gasteiger partial charge is 0.227 e. The number of pyridine rings is 1. The summed E-state index contributed by atoms with van der Waals surface area (Å²) in [5.74, 6) is 1.31. The summed E-state index contributed by atoms with van der Waals surface area (Å²) >= 11 is 3.41. The van der Waals surface area contributed by atoms with Crippen LogP contribution in [0.25, 0.3) is 11.5 Å². The van der Waals surface area contributed by atoms with Crippen molar-refractivity contribution in [1.82, 2.24) is 15.1 Å². The molecule has 2 heterocycles. The fourth-order valence-electron chi connectivity index (χ4n) is 2.47. The Morgan fingerprint density at radius 3 is 3.10 bits per heavy atom. The molecule has 20 heavy (non-hydrogen) atoms. The summed E-state index contributed by atoms with van der Waals surface area (Å²) in [6.07, 6.45) is 5.92. The first-order valence-electron chi connectivity index (χ1n) is 6.70. The van der Waals surface area contributed by atoms with E-state index in [1.165, 1.54) is 0 Å². The molecule has 1 unspecified atom stereocenters. The molecular weight excluding hydrogens is 322 g/mol. The topological polar surface area (TPSA) is 68.9 Å². The molecular formula is C14H14BrN3O2. The number of nitrogens with zero attached hydrogens (tertiary/aromatic N) is 3. The standard InChI is InChI=1S/C14H14BrN3O2/c15-10-5-3-7-16-13(10)14-17-12(20-18-14)8-9-4-1-2-6-11(9)19/h3,5,7,9H,1-2,4,6,8H2. The fourth-order valence-corrected chi connectivity index (χ4v) is 2.90. The van der Waals surface area contributed by atoms with Crippen molar-refractivity contribution in [3.8, 4) is 11.5 Å². The van der Waals surface area contributed by atoms with E-state index in [1.807, 2.05) is 12.1 Å². The molecule has 0 amide bonds. The van der Waals surface area contributed by atoms with Crippen LogP contribution < -0.4 is 0 Å². The highest BCUT2D eigenvalue weighted by molar-refractivity contribution is 9.10. The summed E-state index contributed by atoms with van der Waals surface area (Å²) < 4.78 is 6.07. The third kappa shape index (κ3) is 2.80. The molecule has 6 heteroatoms. The Hall–Kier alpha value is -1.56. The number of Topliss-reactive ketones (excluding diaryl/α,β-unsaturated/α-hetero) is 1. The predicted molar refractivity (Wildman–Crippen MR) is 75.9 cm³/mol. The molecule has 1 fully saturated rings. The minimum atomic E-state index is 0.0317. The third-order valence-electron chi connectivity index (χ3n) is 3.54. The van der Waals surface area contributed by atoms with E-state index in [9.17, 15) is 4.79 Å². The minimum Gasteiger partial charge on any atom is -0.339 e. The summed E-state index contributed by atoms with van der Waals surface area (Å²) in [7, 11) is 0. The Labute approximate surface area is 124 Å². The van der Waals surface area contributed by atoms with Crippen LogP contribution in [0.5, 0.6) is 0 Å². The number of hydrogen-bond donors (Lipinski definition) is 0. The molecule has 0 bridgehead atoms. The average molecular weight is 336 g/mol. The van der Waals surface area contributed by atoms with Crippen molar-refractivity contribution in [2.45, 2.75) is 32.1 Å². The zero-order valence-electron chi connectivity index (χ0n) is 10.9. The highest BCUT2D eigenvalue weighted by Gasteiger charge is 2.25. The lowest BCUT2D eigenvalue weighted by Crippen LogP contribution is -2.21. The zero-order chi connectivity index (χ0) is 13.9. The first kappa shape index (κ1) is 13.4. The van der Waals surface area contributed by atoms with Gasteiger partial charge in [-0.3, -0.25) is 9.78 Å². The molecule has 1 saturated carbocycles. The van der Waals surface area contributed by atoms with Gasteiger partial charge in [0.05, 0.1) is 0 Å². The van der Waals surface area contributed by atoms with Crippen LogP contribution in [0.4, 0.5) is 0 Å². The molecule has 1 atom stereocenters. The molecule has 3 rings (SSSR count). The maximum atomic E-state index is 11.8. The maximum absolute atomic E-state index is 11.8. The molecule has 104 valence electrons. The first-order valence-corrected chi connectivity index (χ1v) is 7.49. The van der Waals surface area contributed by atoms with Crippen molar-refractivity contribution in [1.29, 1.82) is 0 Å². The van der Waals surface area contributed by atoms with E-state index in [4.69, 9.17) is 4.52 Å². The van der Waals surface area contributed by atoms with E-state index >= 15 is 0 Å². The quantitative estimate of drug-likeness (QED) is 0.861. The molecule has 2 aromatic rings. The van der Waals surface area contributed by atoms with Gasteiger partial charge in [-0.2, -0.15) is 4.98 Å². The van der Waals surface area contributed by atoms with Crippen LogP contribution in [0.3, 0.4) is 0 Å². The monoisotopic (exact) mass is 335 g/mol. The second-order valence-corrected chi connectivity index (χ2v) is 5.81. The SMILES string of the molecule is O=C1CCCCC1Cc1nc(-c2ncccc2Br)no1. The number of ketones is 1. The summed E-state index contributed by atoms with van der Waals surface area (Å²) in [4.78, 5) is 20.4. The van der Waals surface area contributed by atoms with E-state index in [0.29, 0.717) is 36.0 Å². The van der Waals surface area contributed by atoms with Crippen molar-refractivity contribution >= 4 is 21.7 Å². The van der Waals surface area contributed by atoms with Crippen LogP contribution in [-0.2, 0) is 11.2 Å². The van der Waals surface area contributed by atoms with Gasteiger partial charge in [-0.15, -0.1) is 0 Å². The van der Waals surface area contributed by atoms with Gasteiger partial charge in [0.1, 0.15) is 11.5 Å². The van der Waals surface area contributed by atoms with Crippen LogP contribution in [0.15, 0.2) is 27.3 Å². The Morgan fingerprint density at radius 1 is 1.40 bits per heavy atom. The number of carbonyl (C=O) groups excluding carboxylic acids is 1. The molecule has 0 radical (unpaired) electrons. The van der Waals surface area contributed by atoms with Crippen molar-refractivity contribution < 1.29 is 9.32 Å². The Bertz CT molecular complexity index is 626. The molecule has 1 aliphatic rings. The summed E-state index contributed by atoms with van der Waals surface area (Å²) in [5, 5.41) is 3.95. The number of rotatable bonds is 3. The molecule has 0 spiro atoms. The highest BCUT2D eigenvalue weighted by Crippen LogP contribution is 2.26. The van der Waals surface area contributed by atoms with Crippen LogP contribution in [0.2, 0.25) is 0 Å². The maximum Gasteiger partial charge on any atom is 0.227 e. The highest BCUT2D eigenvalue weighted by atomic mass is 79.9. The molecule has 0 saturated heterocycles. The van der Waals surface area contributed by atoms with Crippen molar-refractivity contribution in [3.63, 3.8) is 0 Å². The lowest BCUT2D eigenvalue weighted by molar-refractivity contribution is -0.124. The summed E-state index contributed by atoms with van der Waals surface area (Å²) in [6.45, 7) is 0. The van der Waals surface area contributed by atoms with Crippen molar-refractivity contribution in [2.75, 3.05) is 0 Å². The van der Waals surface area contributed by atoms with E-state index in [1.54, 1.807) is 6.20 Å². The Morgan fingerprint density at radius 2 is 2.30 bits per heavy atom. The first-order chi connectivity index (χ1) is 9.74. The molecule has 2 aromatic heterocycles. The van der Waals surface area contributed by atoms with Gasteiger partial charge in [0, 0.05) is 29.4 Å². The minimum absolute atomic E-state index is 0.0317.